The summed E-state index contributed by atoms with van der Waals surface area (Å²) in [6.07, 6.45) is -0.297. The second kappa shape index (κ2) is 11.6. The van der Waals surface area contributed by atoms with Gasteiger partial charge in [-0.1, -0.05) is 6.07 Å². The predicted octanol–water partition coefficient (Wildman–Crippen LogP) is 3.01. The summed E-state index contributed by atoms with van der Waals surface area (Å²) in [6.45, 7) is 1.53. The minimum atomic E-state index is -1.00. The summed E-state index contributed by atoms with van der Waals surface area (Å²) in [5.74, 6) is -1.46. The van der Waals surface area contributed by atoms with Crippen LogP contribution in [-0.4, -0.2) is 52.3 Å². The van der Waals surface area contributed by atoms with Gasteiger partial charge in [0.05, 0.1) is 32.5 Å². The van der Waals surface area contributed by atoms with Crippen molar-refractivity contribution in [3.05, 3.63) is 69.3 Å². The highest BCUT2D eigenvalue weighted by molar-refractivity contribution is 6.01. The van der Waals surface area contributed by atoms with E-state index in [0.29, 0.717) is 22.7 Å². The second-order valence-electron chi connectivity index (χ2n) is 8.66. The minimum Gasteiger partial charge on any atom is -0.507 e. The SMILES string of the molecule is COc1ccc(C(CC(=O)Nc2ccc(N(C)C)c(C(N)=O)c2)c2c(O)cc(C)oc2=O)c(OC)c1OC. The van der Waals surface area contributed by atoms with Crippen molar-refractivity contribution in [2.45, 2.75) is 19.3 Å². The maximum absolute atomic E-state index is 13.3. The van der Waals surface area contributed by atoms with Gasteiger partial charge in [0.1, 0.15) is 11.5 Å². The molecule has 202 valence electrons. The first-order chi connectivity index (χ1) is 18.0. The quantitative estimate of drug-likeness (QED) is 0.362. The number of carbonyl (C=O) groups excluding carboxylic acids is 2. The van der Waals surface area contributed by atoms with E-state index in [1.54, 1.807) is 43.3 Å². The van der Waals surface area contributed by atoms with Crippen molar-refractivity contribution in [1.82, 2.24) is 0 Å². The van der Waals surface area contributed by atoms with Crippen molar-refractivity contribution in [1.29, 1.82) is 0 Å². The van der Waals surface area contributed by atoms with Gasteiger partial charge in [-0.3, -0.25) is 9.59 Å². The first kappa shape index (κ1) is 27.9. The van der Waals surface area contributed by atoms with Crippen LogP contribution in [0.25, 0.3) is 0 Å². The van der Waals surface area contributed by atoms with Gasteiger partial charge in [-0.15, -0.1) is 0 Å². The zero-order chi connectivity index (χ0) is 28.1. The van der Waals surface area contributed by atoms with E-state index in [9.17, 15) is 19.5 Å². The molecule has 1 heterocycles. The van der Waals surface area contributed by atoms with E-state index < -0.39 is 23.4 Å². The summed E-state index contributed by atoms with van der Waals surface area (Å²) in [5, 5.41) is 13.5. The lowest BCUT2D eigenvalue weighted by Crippen LogP contribution is -2.22. The van der Waals surface area contributed by atoms with E-state index in [4.69, 9.17) is 24.4 Å². The molecule has 0 saturated heterocycles. The number of primary amides is 1. The molecule has 2 amide bonds. The number of amides is 2. The Labute approximate surface area is 219 Å². The molecule has 0 saturated carbocycles. The Morgan fingerprint density at radius 3 is 2.29 bits per heavy atom. The number of methoxy groups -OCH3 is 3. The van der Waals surface area contributed by atoms with Gasteiger partial charge < -0.3 is 39.7 Å². The van der Waals surface area contributed by atoms with Crippen molar-refractivity contribution in [2.24, 2.45) is 5.73 Å². The smallest absolute Gasteiger partial charge is 0.343 e. The molecule has 0 aliphatic rings. The number of nitrogens with zero attached hydrogens (tertiary/aromatic N) is 1. The zero-order valence-electron chi connectivity index (χ0n) is 22.1. The third-order valence-corrected chi connectivity index (χ3v) is 5.97. The third kappa shape index (κ3) is 5.66. The van der Waals surface area contributed by atoms with Crippen molar-refractivity contribution in [3.63, 3.8) is 0 Å². The topological polar surface area (TPSA) is 154 Å². The van der Waals surface area contributed by atoms with Gasteiger partial charge in [0.2, 0.25) is 11.7 Å². The maximum Gasteiger partial charge on any atom is 0.343 e. The van der Waals surface area contributed by atoms with Crippen LogP contribution in [0.15, 0.2) is 45.6 Å². The van der Waals surface area contributed by atoms with Crippen LogP contribution in [-0.2, 0) is 4.79 Å². The second-order valence-corrected chi connectivity index (χ2v) is 8.66. The molecule has 3 rings (SSSR count). The highest BCUT2D eigenvalue weighted by Gasteiger charge is 2.31. The van der Waals surface area contributed by atoms with E-state index in [1.807, 2.05) is 0 Å². The fraction of sp³-hybridized carbons (Fsp3) is 0.296. The molecular formula is C27H31N3O8. The highest BCUT2D eigenvalue weighted by Crippen LogP contribution is 2.46. The van der Waals surface area contributed by atoms with E-state index in [-0.39, 0.29) is 40.6 Å². The van der Waals surface area contributed by atoms with Gasteiger partial charge in [-0.05, 0) is 31.2 Å². The number of rotatable bonds is 10. The van der Waals surface area contributed by atoms with E-state index in [0.717, 1.165) is 0 Å². The van der Waals surface area contributed by atoms with E-state index >= 15 is 0 Å². The van der Waals surface area contributed by atoms with Crippen LogP contribution in [0.5, 0.6) is 23.0 Å². The normalized spacial score (nSPS) is 11.4. The molecule has 11 heteroatoms. The molecule has 4 N–H and O–H groups in total. The summed E-state index contributed by atoms with van der Waals surface area (Å²) >= 11 is 0. The Hall–Kier alpha value is -4.67. The van der Waals surface area contributed by atoms with Gasteiger partial charge in [-0.2, -0.15) is 0 Å². The van der Waals surface area contributed by atoms with Crippen LogP contribution in [0, 0.1) is 6.92 Å². The summed E-state index contributed by atoms with van der Waals surface area (Å²) in [4.78, 5) is 39.9. The number of nitrogens with two attached hydrogens (primary N) is 1. The molecule has 1 aromatic heterocycles. The predicted molar refractivity (Wildman–Crippen MR) is 142 cm³/mol. The number of carbonyl (C=O) groups is 2. The van der Waals surface area contributed by atoms with Crippen LogP contribution in [0.3, 0.4) is 0 Å². The monoisotopic (exact) mass is 525 g/mol. The molecule has 0 aliphatic heterocycles. The lowest BCUT2D eigenvalue weighted by molar-refractivity contribution is -0.116. The average Bonchev–Trinajstić information content (AvgIpc) is 2.86. The lowest BCUT2D eigenvalue weighted by atomic mass is 9.87. The Morgan fingerprint density at radius 2 is 1.74 bits per heavy atom. The number of benzene rings is 2. The summed E-state index contributed by atoms with van der Waals surface area (Å²) in [6, 6.07) is 9.28. The largest absolute Gasteiger partial charge is 0.507 e. The fourth-order valence-corrected chi connectivity index (χ4v) is 4.29. The molecular weight excluding hydrogens is 494 g/mol. The van der Waals surface area contributed by atoms with Gasteiger partial charge >= 0.3 is 5.63 Å². The van der Waals surface area contributed by atoms with E-state index in [1.165, 1.54) is 40.4 Å². The molecule has 0 bridgehead atoms. The van der Waals surface area contributed by atoms with Gasteiger partial charge in [0, 0.05) is 49.4 Å². The zero-order valence-corrected chi connectivity index (χ0v) is 22.1. The molecule has 0 fully saturated rings. The van der Waals surface area contributed by atoms with Gasteiger partial charge in [0.25, 0.3) is 5.91 Å². The lowest BCUT2D eigenvalue weighted by Gasteiger charge is -2.23. The summed E-state index contributed by atoms with van der Waals surface area (Å²) in [7, 11) is 7.83. The van der Waals surface area contributed by atoms with Crippen molar-refractivity contribution < 1.29 is 33.3 Å². The molecule has 0 spiro atoms. The van der Waals surface area contributed by atoms with E-state index in [2.05, 4.69) is 5.32 Å². The van der Waals surface area contributed by atoms with Crippen molar-refractivity contribution in [2.75, 3.05) is 45.6 Å². The molecule has 38 heavy (non-hydrogen) atoms. The summed E-state index contributed by atoms with van der Waals surface area (Å²) in [5.41, 5.74) is 6.12. The Morgan fingerprint density at radius 1 is 1.05 bits per heavy atom. The number of aromatic hydroxyl groups is 1. The molecule has 1 unspecified atom stereocenters. The maximum atomic E-state index is 13.3. The Kier molecular flexibility index (Phi) is 8.51. The van der Waals surface area contributed by atoms with Crippen LogP contribution < -0.4 is 35.8 Å². The number of hydrogen-bond donors (Lipinski definition) is 3. The Balaban J connectivity index is 2.10. The highest BCUT2D eigenvalue weighted by atomic mass is 16.5. The molecule has 0 aliphatic carbocycles. The number of nitrogens with one attached hydrogen (secondary N) is 1. The standard InChI is InChI=1S/C27H31N3O8/c1-14-11-20(31)23(27(34)38-14)17(16-8-10-21(35-4)25(37-6)24(16)36-5)13-22(32)29-15-7-9-19(30(2)3)18(12-15)26(28)33/h7-12,17,31H,13H2,1-6H3,(H2,28,33)(H,29,32). The number of hydrogen-bond acceptors (Lipinski definition) is 9. The number of ether oxygens (including phenoxy) is 3. The molecule has 2 aromatic carbocycles. The van der Waals surface area contributed by atoms with Crippen molar-refractivity contribution in [3.8, 4) is 23.0 Å². The summed E-state index contributed by atoms with van der Waals surface area (Å²) < 4.78 is 21.6. The van der Waals surface area contributed by atoms with Gasteiger partial charge in [-0.25, -0.2) is 4.79 Å². The first-order valence-electron chi connectivity index (χ1n) is 11.6. The Bertz CT molecular complexity index is 1410. The number of aryl methyl sites for hydroxylation is 1. The van der Waals surface area contributed by atoms with Crippen LogP contribution in [0.2, 0.25) is 0 Å². The number of anilines is 2. The minimum absolute atomic E-state index is 0.128. The van der Waals surface area contributed by atoms with Crippen LogP contribution in [0.4, 0.5) is 11.4 Å². The molecule has 3 aromatic rings. The van der Waals surface area contributed by atoms with Gasteiger partial charge in [0.15, 0.2) is 11.5 Å². The third-order valence-electron chi connectivity index (χ3n) is 5.97. The average molecular weight is 526 g/mol. The van der Waals surface area contributed by atoms with Crippen molar-refractivity contribution >= 4 is 23.2 Å². The molecule has 0 radical (unpaired) electrons. The van der Waals surface area contributed by atoms with Crippen LogP contribution >= 0.6 is 0 Å². The molecule has 11 nitrogen and oxygen atoms in total. The fourth-order valence-electron chi connectivity index (χ4n) is 4.29. The first-order valence-corrected chi connectivity index (χ1v) is 11.6. The molecule has 1 atom stereocenters. The van der Waals surface area contributed by atoms with Crippen LogP contribution in [0.1, 0.15) is 39.6 Å².